The van der Waals surface area contributed by atoms with Gasteiger partial charge >= 0.3 is 0 Å². The van der Waals surface area contributed by atoms with Gasteiger partial charge in [-0.1, -0.05) is 30.3 Å². The third-order valence-electron chi connectivity index (χ3n) is 4.45. The maximum Gasteiger partial charge on any atom is 0.159 e. The molecule has 1 aromatic heterocycles. The molecule has 0 aliphatic carbocycles. The minimum absolute atomic E-state index is 0.259. The smallest absolute Gasteiger partial charge is 0.159 e. The van der Waals surface area contributed by atoms with Gasteiger partial charge in [0.2, 0.25) is 0 Å². The van der Waals surface area contributed by atoms with Crippen molar-refractivity contribution in [1.29, 1.82) is 0 Å². The van der Waals surface area contributed by atoms with E-state index in [1.165, 1.54) is 17.0 Å². The van der Waals surface area contributed by atoms with E-state index >= 15 is 0 Å². The number of nitrogens with one attached hydrogen (secondary N) is 1. The molecule has 4 nitrogen and oxygen atoms in total. The molecule has 2 unspecified atom stereocenters. The second kappa shape index (κ2) is 5.20. The van der Waals surface area contributed by atoms with E-state index in [-0.39, 0.29) is 6.10 Å². The normalized spacial score (nSPS) is 24.2. The average molecular weight is 281 g/mol. The zero-order valence-corrected chi connectivity index (χ0v) is 12.2. The molecule has 0 spiro atoms. The van der Waals surface area contributed by atoms with E-state index in [0.717, 1.165) is 37.5 Å². The van der Waals surface area contributed by atoms with Crippen LogP contribution >= 0.6 is 0 Å². The fraction of sp³-hybridized carbons (Fsp3) is 0.412. The van der Waals surface area contributed by atoms with Gasteiger partial charge in [0, 0.05) is 30.6 Å². The molecular weight excluding hydrogens is 262 g/mol. The van der Waals surface area contributed by atoms with E-state index < -0.39 is 0 Å². The van der Waals surface area contributed by atoms with Gasteiger partial charge in [0.1, 0.15) is 0 Å². The number of rotatable bonds is 2. The number of hydrogen-bond acceptors (Lipinski definition) is 4. The lowest BCUT2D eigenvalue weighted by atomic mass is 9.89. The van der Waals surface area contributed by atoms with Crippen LogP contribution in [0.15, 0.2) is 30.3 Å². The molecule has 1 N–H and O–H groups in total. The summed E-state index contributed by atoms with van der Waals surface area (Å²) in [7, 11) is 0. The first-order valence-corrected chi connectivity index (χ1v) is 7.60. The molecule has 3 heterocycles. The molecule has 4 heteroatoms. The van der Waals surface area contributed by atoms with Crippen molar-refractivity contribution < 1.29 is 4.74 Å². The van der Waals surface area contributed by atoms with Crippen molar-refractivity contribution in [3.8, 4) is 11.4 Å². The molecule has 1 fully saturated rings. The predicted octanol–water partition coefficient (Wildman–Crippen LogP) is 2.29. The van der Waals surface area contributed by atoms with Crippen LogP contribution in [0, 0.1) is 0 Å². The topological polar surface area (TPSA) is 47.0 Å². The van der Waals surface area contributed by atoms with Crippen LogP contribution in [0.1, 0.15) is 29.8 Å². The largest absolute Gasteiger partial charge is 0.377 e. The molecule has 2 aliphatic rings. The van der Waals surface area contributed by atoms with Gasteiger partial charge < -0.3 is 10.1 Å². The van der Waals surface area contributed by atoms with Gasteiger partial charge in [0.25, 0.3) is 0 Å². The van der Waals surface area contributed by atoms with Crippen LogP contribution in [0.3, 0.4) is 0 Å². The average Bonchev–Trinajstić information content (AvgIpc) is 2.54. The third kappa shape index (κ3) is 2.24. The van der Waals surface area contributed by atoms with Crippen molar-refractivity contribution in [3.05, 3.63) is 47.3 Å². The number of ether oxygens (including phenoxy) is 1. The minimum atomic E-state index is 0.259. The number of aromatic nitrogens is 2. The molecule has 0 radical (unpaired) electrons. The summed E-state index contributed by atoms with van der Waals surface area (Å²) in [4.78, 5) is 9.72. The summed E-state index contributed by atoms with van der Waals surface area (Å²) in [6.45, 7) is 4.78. The Kier molecular flexibility index (Phi) is 3.20. The SMILES string of the molecule is CC1OCC1c1nc(-c2ccccc2)nc2c1CNCC2. The first-order valence-electron chi connectivity index (χ1n) is 7.60. The molecule has 0 saturated carbocycles. The molecule has 0 bridgehead atoms. The highest BCUT2D eigenvalue weighted by atomic mass is 16.5. The van der Waals surface area contributed by atoms with Gasteiger partial charge in [-0.2, -0.15) is 0 Å². The first kappa shape index (κ1) is 12.9. The summed E-state index contributed by atoms with van der Waals surface area (Å²) in [5, 5.41) is 3.44. The van der Waals surface area contributed by atoms with Crippen LogP contribution in [0.4, 0.5) is 0 Å². The molecule has 2 atom stereocenters. The first-order chi connectivity index (χ1) is 10.3. The van der Waals surface area contributed by atoms with E-state index in [2.05, 4.69) is 24.4 Å². The number of benzene rings is 1. The van der Waals surface area contributed by atoms with Gasteiger partial charge in [-0.25, -0.2) is 9.97 Å². The van der Waals surface area contributed by atoms with Crippen LogP contribution in [0.5, 0.6) is 0 Å². The summed E-state index contributed by atoms with van der Waals surface area (Å²) < 4.78 is 5.55. The molecule has 0 amide bonds. The van der Waals surface area contributed by atoms with E-state index in [1.54, 1.807) is 0 Å². The summed E-state index contributed by atoms with van der Waals surface area (Å²) in [5.41, 5.74) is 4.77. The van der Waals surface area contributed by atoms with E-state index in [9.17, 15) is 0 Å². The van der Waals surface area contributed by atoms with Crippen molar-refractivity contribution in [1.82, 2.24) is 15.3 Å². The molecule has 2 aromatic rings. The summed E-state index contributed by atoms with van der Waals surface area (Å²) in [6.07, 6.45) is 1.24. The maximum absolute atomic E-state index is 5.55. The Hall–Kier alpha value is -1.78. The molecule has 21 heavy (non-hydrogen) atoms. The Labute approximate surface area is 124 Å². The predicted molar refractivity (Wildman–Crippen MR) is 81.0 cm³/mol. The lowest BCUT2D eigenvalue weighted by molar-refractivity contribution is -0.0662. The highest BCUT2D eigenvalue weighted by Crippen LogP contribution is 2.34. The molecule has 4 rings (SSSR count). The van der Waals surface area contributed by atoms with E-state index in [0.29, 0.717) is 5.92 Å². The van der Waals surface area contributed by atoms with Crippen LogP contribution in [-0.2, 0) is 17.7 Å². The van der Waals surface area contributed by atoms with Crippen LogP contribution in [0.2, 0.25) is 0 Å². The Balaban J connectivity index is 1.84. The van der Waals surface area contributed by atoms with Gasteiger partial charge in [-0.05, 0) is 6.92 Å². The molecular formula is C17H19N3O. The summed E-state index contributed by atoms with van der Waals surface area (Å²) in [5.74, 6) is 1.26. The summed E-state index contributed by atoms with van der Waals surface area (Å²) >= 11 is 0. The van der Waals surface area contributed by atoms with Gasteiger partial charge in [0.15, 0.2) is 5.82 Å². The Bertz CT molecular complexity index is 657. The number of hydrogen-bond donors (Lipinski definition) is 1. The quantitative estimate of drug-likeness (QED) is 0.917. The van der Waals surface area contributed by atoms with Crippen molar-refractivity contribution in [2.75, 3.05) is 13.2 Å². The number of nitrogens with zero attached hydrogens (tertiary/aromatic N) is 2. The lowest BCUT2D eigenvalue weighted by Gasteiger charge is -2.36. The minimum Gasteiger partial charge on any atom is -0.377 e. The fourth-order valence-corrected chi connectivity index (χ4v) is 3.08. The highest BCUT2D eigenvalue weighted by molar-refractivity contribution is 5.56. The van der Waals surface area contributed by atoms with E-state index in [1.807, 2.05) is 18.2 Å². The molecule has 108 valence electrons. The summed E-state index contributed by atoms with van der Waals surface area (Å²) in [6, 6.07) is 10.2. The Morgan fingerprint density at radius 2 is 2.05 bits per heavy atom. The van der Waals surface area contributed by atoms with Crippen molar-refractivity contribution in [3.63, 3.8) is 0 Å². The maximum atomic E-state index is 5.55. The van der Waals surface area contributed by atoms with E-state index in [4.69, 9.17) is 14.7 Å². The van der Waals surface area contributed by atoms with Crippen molar-refractivity contribution >= 4 is 0 Å². The van der Waals surface area contributed by atoms with Gasteiger partial charge in [-0.3, -0.25) is 0 Å². The number of fused-ring (bicyclic) bond motifs is 1. The monoisotopic (exact) mass is 281 g/mol. The van der Waals surface area contributed by atoms with Crippen molar-refractivity contribution in [2.24, 2.45) is 0 Å². The molecule has 1 aromatic carbocycles. The van der Waals surface area contributed by atoms with Crippen LogP contribution in [0.25, 0.3) is 11.4 Å². The second-order valence-corrected chi connectivity index (χ2v) is 5.80. The van der Waals surface area contributed by atoms with Crippen LogP contribution < -0.4 is 5.32 Å². The fourth-order valence-electron chi connectivity index (χ4n) is 3.08. The highest BCUT2D eigenvalue weighted by Gasteiger charge is 2.34. The Morgan fingerprint density at radius 3 is 2.76 bits per heavy atom. The van der Waals surface area contributed by atoms with Gasteiger partial charge in [-0.15, -0.1) is 0 Å². The zero-order valence-electron chi connectivity index (χ0n) is 12.2. The molecule has 2 aliphatic heterocycles. The molecule has 1 saturated heterocycles. The zero-order chi connectivity index (χ0) is 14.2. The third-order valence-corrected chi connectivity index (χ3v) is 4.45. The van der Waals surface area contributed by atoms with Crippen molar-refractivity contribution in [2.45, 2.75) is 31.9 Å². The van der Waals surface area contributed by atoms with Gasteiger partial charge in [0.05, 0.1) is 30.0 Å². The van der Waals surface area contributed by atoms with Crippen LogP contribution in [-0.4, -0.2) is 29.2 Å². The standard InChI is InChI=1S/C17H19N3O/c1-11-14(10-21-11)16-13-9-18-8-7-15(13)19-17(20-16)12-5-3-2-4-6-12/h2-6,11,14,18H,7-10H2,1H3. The lowest BCUT2D eigenvalue weighted by Crippen LogP contribution is -2.38. The second-order valence-electron chi connectivity index (χ2n) is 5.80. The Morgan fingerprint density at radius 1 is 1.19 bits per heavy atom.